The molecule has 94 valence electrons. The monoisotopic (exact) mass is 299 g/mol. The molecule has 1 heterocycles. The first-order valence-electron chi connectivity index (χ1n) is 5.99. The quantitative estimate of drug-likeness (QED) is 0.868. The third-order valence-electron chi connectivity index (χ3n) is 3.38. The van der Waals surface area contributed by atoms with Crippen LogP contribution in [0.1, 0.15) is 40.3 Å². The highest BCUT2D eigenvalue weighted by Crippen LogP contribution is 2.36. The molecule has 1 aliphatic rings. The van der Waals surface area contributed by atoms with Crippen LogP contribution >= 0.6 is 15.9 Å². The van der Waals surface area contributed by atoms with Crippen LogP contribution in [0.3, 0.4) is 0 Å². The Hall–Kier alpha value is -0.770. The molecular formula is C13H18BrNO2. The van der Waals surface area contributed by atoms with Gasteiger partial charge in [-0.05, 0) is 39.5 Å². The van der Waals surface area contributed by atoms with Crippen molar-refractivity contribution in [3.8, 4) is 0 Å². The van der Waals surface area contributed by atoms with Gasteiger partial charge < -0.3 is 9.73 Å². The Balaban J connectivity index is 1.99. The third kappa shape index (κ3) is 2.73. The van der Waals surface area contributed by atoms with Crippen LogP contribution in [0.15, 0.2) is 4.42 Å². The van der Waals surface area contributed by atoms with Crippen molar-refractivity contribution in [2.24, 2.45) is 5.92 Å². The van der Waals surface area contributed by atoms with Crippen LogP contribution in [0, 0.1) is 26.7 Å². The second-order valence-electron chi connectivity index (χ2n) is 4.78. The number of hydrogen-bond acceptors (Lipinski definition) is 2. The zero-order chi connectivity index (χ0) is 12.6. The highest BCUT2D eigenvalue weighted by atomic mass is 79.9. The van der Waals surface area contributed by atoms with Crippen LogP contribution < -0.4 is 5.32 Å². The molecule has 0 radical (unpaired) electrons. The zero-order valence-electron chi connectivity index (χ0n) is 10.5. The van der Waals surface area contributed by atoms with Crippen molar-refractivity contribution >= 4 is 21.8 Å². The number of aryl methyl sites for hydroxylation is 2. The number of alkyl halides is 1. The molecule has 1 aromatic rings. The van der Waals surface area contributed by atoms with Crippen molar-refractivity contribution in [3.63, 3.8) is 0 Å². The fourth-order valence-electron chi connectivity index (χ4n) is 2.03. The first-order chi connectivity index (χ1) is 8.00. The Morgan fingerprint density at radius 1 is 1.41 bits per heavy atom. The highest BCUT2D eigenvalue weighted by Gasteiger charge is 2.29. The molecule has 1 aliphatic carbocycles. The number of halogens is 1. The standard InChI is InChI=1S/C13H18BrNO2/c1-7-8(2)17-9(3)12(7)13(16)15-6-11(14)10-4-5-10/h10-11H,4-6H2,1-3H3,(H,15,16). The maximum Gasteiger partial charge on any atom is 0.255 e. The first kappa shape index (κ1) is 12.7. The van der Waals surface area contributed by atoms with Crippen LogP contribution in [0.25, 0.3) is 0 Å². The number of furan rings is 1. The van der Waals surface area contributed by atoms with Crippen LogP contribution in [0.4, 0.5) is 0 Å². The van der Waals surface area contributed by atoms with E-state index in [0.29, 0.717) is 22.7 Å². The molecule has 0 bridgehead atoms. The Morgan fingerprint density at radius 3 is 2.53 bits per heavy atom. The number of amides is 1. The SMILES string of the molecule is Cc1oc(C)c(C(=O)NCC(Br)C2CC2)c1C. The summed E-state index contributed by atoms with van der Waals surface area (Å²) in [6.45, 7) is 6.33. The molecular weight excluding hydrogens is 282 g/mol. The summed E-state index contributed by atoms with van der Waals surface area (Å²) < 4.78 is 5.46. The molecule has 1 fully saturated rings. The summed E-state index contributed by atoms with van der Waals surface area (Å²) in [5.74, 6) is 2.24. The maximum absolute atomic E-state index is 12.1. The fraction of sp³-hybridized carbons (Fsp3) is 0.615. The smallest absolute Gasteiger partial charge is 0.255 e. The number of hydrogen-bond donors (Lipinski definition) is 1. The Kier molecular flexibility index (Phi) is 3.61. The molecule has 1 unspecified atom stereocenters. The van der Waals surface area contributed by atoms with E-state index in [-0.39, 0.29) is 5.91 Å². The highest BCUT2D eigenvalue weighted by molar-refractivity contribution is 9.09. The van der Waals surface area contributed by atoms with E-state index in [1.807, 2.05) is 20.8 Å². The van der Waals surface area contributed by atoms with Crippen LogP contribution in [0.5, 0.6) is 0 Å². The van der Waals surface area contributed by atoms with Crippen molar-refractivity contribution < 1.29 is 9.21 Å². The van der Waals surface area contributed by atoms with Gasteiger partial charge in [-0.25, -0.2) is 0 Å². The van der Waals surface area contributed by atoms with Crippen molar-refractivity contribution in [1.82, 2.24) is 5.32 Å². The van der Waals surface area contributed by atoms with Gasteiger partial charge in [0, 0.05) is 16.9 Å². The van der Waals surface area contributed by atoms with Gasteiger partial charge >= 0.3 is 0 Å². The largest absolute Gasteiger partial charge is 0.466 e. The molecule has 1 atom stereocenters. The summed E-state index contributed by atoms with van der Waals surface area (Å²) in [4.78, 5) is 12.5. The van der Waals surface area contributed by atoms with Crippen molar-refractivity contribution in [3.05, 3.63) is 22.6 Å². The van der Waals surface area contributed by atoms with Crippen LogP contribution in [-0.4, -0.2) is 17.3 Å². The molecule has 2 rings (SSSR count). The zero-order valence-corrected chi connectivity index (χ0v) is 12.1. The number of carbonyl (C=O) groups is 1. The third-order valence-corrected chi connectivity index (χ3v) is 4.45. The average Bonchev–Trinajstić information content (AvgIpc) is 3.06. The molecule has 0 spiro atoms. The normalized spacial score (nSPS) is 16.9. The second-order valence-corrected chi connectivity index (χ2v) is 5.95. The minimum Gasteiger partial charge on any atom is -0.466 e. The molecule has 3 nitrogen and oxygen atoms in total. The van der Waals surface area contributed by atoms with Gasteiger partial charge in [0.15, 0.2) is 0 Å². The molecule has 1 saturated carbocycles. The van der Waals surface area contributed by atoms with Gasteiger partial charge in [-0.1, -0.05) is 15.9 Å². The first-order valence-corrected chi connectivity index (χ1v) is 6.91. The minimum atomic E-state index is -0.0260. The molecule has 0 aromatic carbocycles. The lowest BCUT2D eigenvalue weighted by molar-refractivity contribution is 0.0951. The Bertz CT molecular complexity index is 435. The lowest BCUT2D eigenvalue weighted by atomic mass is 10.1. The van der Waals surface area contributed by atoms with Gasteiger partial charge in [0.1, 0.15) is 11.5 Å². The van der Waals surface area contributed by atoms with Gasteiger partial charge in [-0.15, -0.1) is 0 Å². The molecule has 0 saturated heterocycles. The number of nitrogens with one attached hydrogen (secondary N) is 1. The topological polar surface area (TPSA) is 42.2 Å². The lowest BCUT2D eigenvalue weighted by Crippen LogP contribution is -2.31. The molecule has 1 amide bonds. The van der Waals surface area contributed by atoms with Gasteiger partial charge in [0.25, 0.3) is 5.91 Å². The van der Waals surface area contributed by atoms with E-state index in [4.69, 9.17) is 4.42 Å². The summed E-state index contributed by atoms with van der Waals surface area (Å²) in [6, 6.07) is 0. The van der Waals surface area contributed by atoms with Gasteiger partial charge in [-0.2, -0.15) is 0 Å². The van der Waals surface area contributed by atoms with E-state index in [0.717, 1.165) is 17.2 Å². The molecule has 17 heavy (non-hydrogen) atoms. The fourth-order valence-corrected chi connectivity index (χ4v) is 2.72. The Morgan fingerprint density at radius 2 is 2.06 bits per heavy atom. The van der Waals surface area contributed by atoms with Gasteiger partial charge in [0.2, 0.25) is 0 Å². The lowest BCUT2D eigenvalue weighted by Gasteiger charge is -2.10. The molecule has 4 heteroatoms. The number of rotatable bonds is 4. The predicted molar refractivity (Wildman–Crippen MR) is 70.7 cm³/mol. The van der Waals surface area contributed by atoms with Crippen LogP contribution in [0.2, 0.25) is 0 Å². The van der Waals surface area contributed by atoms with Crippen molar-refractivity contribution in [2.75, 3.05) is 6.54 Å². The van der Waals surface area contributed by atoms with E-state index in [9.17, 15) is 4.79 Å². The summed E-state index contributed by atoms with van der Waals surface area (Å²) >= 11 is 3.61. The number of carbonyl (C=O) groups excluding carboxylic acids is 1. The second kappa shape index (κ2) is 4.84. The summed E-state index contributed by atoms with van der Waals surface area (Å²) in [6.07, 6.45) is 2.54. The van der Waals surface area contributed by atoms with E-state index >= 15 is 0 Å². The molecule has 0 aliphatic heterocycles. The average molecular weight is 300 g/mol. The molecule has 1 N–H and O–H groups in total. The van der Waals surface area contributed by atoms with Crippen molar-refractivity contribution in [2.45, 2.75) is 38.4 Å². The van der Waals surface area contributed by atoms with Crippen molar-refractivity contribution in [1.29, 1.82) is 0 Å². The summed E-state index contributed by atoms with van der Waals surface area (Å²) in [5.41, 5.74) is 1.63. The van der Waals surface area contributed by atoms with Crippen LogP contribution in [-0.2, 0) is 0 Å². The van der Waals surface area contributed by atoms with E-state index in [1.165, 1.54) is 12.8 Å². The van der Waals surface area contributed by atoms with E-state index in [1.54, 1.807) is 0 Å². The van der Waals surface area contributed by atoms with E-state index < -0.39 is 0 Å². The maximum atomic E-state index is 12.1. The predicted octanol–water partition coefficient (Wildman–Crippen LogP) is 3.11. The van der Waals surface area contributed by atoms with Gasteiger partial charge in [-0.3, -0.25) is 4.79 Å². The van der Waals surface area contributed by atoms with Gasteiger partial charge in [0.05, 0.1) is 5.56 Å². The minimum absolute atomic E-state index is 0.0260. The summed E-state index contributed by atoms with van der Waals surface area (Å²) in [7, 11) is 0. The van der Waals surface area contributed by atoms with E-state index in [2.05, 4.69) is 21.2 Å². The summed E-state index contributed by atoms with van der Waals surface area (Å²) in [5, 5.41) is 2.97. The molecule has 1 aromatic heterocycles. The Labute approximate surface area is 110 Å².